The number of aromatic nitrogens is 2. The number of hydrogen-bond acceptors (Lipinski definition) is 6. The van der Waals surface area contributed by atoms with Crippen LogP contribution in [0.3, 0.4) is 0 Å². The molecule has 0 aliphatic heterocycles. The molecule has 2 aromatic heterocycles. The van der Waals surface area contributed by atoms with Crippen LogP contribution >= 0.6 is 23.1 Å². The van der Waals surface area contributed by atoms with Crippen molar-refractivity contribution in [2.75, 3.05) is 17.7 Å². The SMILES string of the molecule is CCCc1sc2nc(SCC(=O)Nc3ccc(C)cc3C)n(-c3ccc(OCC)cc3)c(=O)c2c1C. The number of anilines is 1. The van der Waals surface area contributed by atoms with Gasteiger partial charge in [0.1, 0.15) is 10.6 Å². The zero-order chi connectivity index (χ0) is 25.8. The molecule has 0 fully saturated rings. The van der Waals surface area contributed by atoms with Crippen molar-refractivity contribution in [1.82, 2.24) is 9.55 Å². The molecule has 36 heavy (non-hydrogen) atoms. The van der Waals surface area contributed by atoms with Crippen LogP contribution in [0.5, 0.6) is 5.75 Å². The third kappa shape index (κ3) is 5.50. The number of nitrogens with zero attached hydrogens (tertiary/aromatic N) is 2. The molecule has 8 heteroatoms. The highest BCUT2D eigenvalue weighted by Crippen LogP contribution is 2.31. The van der Waals surface area contributed by atoms with Crippen LogP contribution in [-0.2, 0) is 11.2 Å². The van der Waals surface area contributed by atoms with E-state index in [2.05, 4.69) is 12.2 Å². The third-order valence-electron chi connectivity index (χ3n) is 5.90. The summed E-state index contributed by atoms with van der Waals surface area (Å²) in [6.07, 6.45) is 1.91. The van der Waals surface area contributed by atoms with E-state index in [1.165, 1.54) is 16.6 Å². The largest absolute Gasteiger partial charge is 0.494 e. The summed E-state index contributed by atoms with van der Waals surface area (Å²) in [6.45, 7) is 10.6. The van der Waals surface area contributed by atoms with Crippen LogP contribution in [0.2, 0.25) is 0 Å². The molecule has 0 spiro atoms. The summed E-state index contributed by atoms with van der Waals surface area (Å²) < 4.78 is 7.18. The van der Waals surface area contributed by atoms with Crippen molar-refractivity contribution in [1.29, 1.82) is 0 Å². The van der Waals surface area contributed by atoms with Gasteiger partial charge in [-0.15, -0.1) is 11.3 Å². The molecule has 1 amide bonds. The number of amides is 1. The van der Waals surface area contributed by atoms with E-state index in [4.69, 9.17) is 9.72 Å². The fourth-order valence-corrected chi connectivity index (χ4v) is 6.26. The van der Waals surface area contributed by atoms with Gasteiger partial charge < -0.3 is 10.1 Å². The molecule has 0 aliphatic rings. The van der Waals surface area contributed by atoms with Crippen molar-refractivity contribution in [3.63, 3.8) is 0 Å². The number of carbonyl (C=O) groups is 1. The van der Waals surface area contributed by atoms with Crippen LogP contribution in [0.25, 0.3) is 15.9 Å². The molecule has 0 saturated carbocycles. The van der Waals surface area contributed by atoms with Gasteiger partial charge in [0.25, 0.3) is 5.56 Å². The molecule has 0 radical (unpaired) electrons. The van der Waals surface area contributed by atoms with E-state index >= 15 is 0 Å². The van der Waals surface area contributed by atoms with E-state index in [-0.39, 0.29) is 17.2 Å². The summed E-state index contributed by atoms with van der Waals surface area (Å²) in [4.78, 5) is 33.4. The van der Waals surface area contributed by atoms with Gasteiger partial charge in [-0.1, -0.05) is 42.8 Å². The predicted molar refractivity (Wildman–Crippen MR) is 150 cm³/mol. The molecule has 188 valence electrons. The second-order valence-electron chi connectivity index (χ2n) is 8.70. The minimum absolute atomic E-state index is 0.113. The number of fused-ring (bicyclic) bond motifs is 1. The molecule has 1 N–H and O–H groups in total. The minimum Gasteiger partial charge on any atom is -0.494 e. The number of hydrogen-bond donors (Lipinski definition) is 1. The van der Waals surface area contributed by atoms with E-state index in [0.717, 1.165) is 45.8 Å². The Labute approximate surface area is 219 Å². The highest BCUT2D eigenvalue weighted by Gasteiger charge is 2.20. The Kier molecular flexibility index (Phi) is 8.16. The molecule has 0 atom stereocenters. The number of thioether (sulfide) groups is 1. The van der Waals surface area contributed by atoms with Crippen LogP contribution < -0.4 is 15.6 Å². The molecule has 2 aromatic carbocycles. The summed E-state index contributed by atoms with van der Waals surface area (Å²) in [7, 11) is 0. The fourth-order valence-electron chi connectivity index (χ4n) is 4.13. The first-order valence-electron chi connectivity index (χ1n) is 12.1. The molecule has 0 saturated heterocycles. The second-order valence-corrected chi connectivity index (χ2v) is 10.7. The van der Waals surface area contributed by atoms with Crippen molar-refractivity contribution in [3.05, 3.63) is 74.4 Å². The lowest BCUT2D eigenvalue weighted by Crippen LogP contribution is -2.23. The molecule has 0 unspecified atom stereocenters. The maximum Gasteiger partial charge on any atom is 0.267 e. The summed E-state index contributed by atoms with van der Waals surface area (Å²) >= 11 is 2.84. The molecular weight excluding hydrogens is 490 g/mol. The normalized spacial score (nSPS) is 11.1. The monoisotopic (exact) mass is 521 g/mol. The summed E-state index contributed by atoms with van der Waals surface area (Å²) in [5, 5.41) is 4.13. The van der Waals surface area contributed by atoms with Crippen LogP contribution in [0, 0.1) is 20.8 Å². The average Bonchev–Trinajstić information content (AvgIpc) is 3.16. The van der Waals surface area contributed by atoms with Crippen molar-refractivity contribution in [2.45, 2.75) is 52.6 Å². The molecular formula is C28H31N3O3S2. The first-order chi connectivity index (χ1) is 17.3. The topological polar surface area (TPSA) is 73.2 Å². The predicted octanol–water partition coefficient (Wildman–Crippen LogP) is 6.45. The lowest BCUT2D eigenvalue weighted by molar-refractivity contribution is -0.113. The van der Waals surface area contributed by atoms with Gasteiger partial charge in [-0.2, -0.15) is 0 Å². The molecule has 4 rings (SSSR count). The van der Waals surface area contributed by atoms with Gasteiger partial charge in [0.15, 0.2) is 5.16 Å². The van der Waals surface area contributed by atoms with Gasteiger partial charge in [-0.3, -0.25) is 14.2 Å². The Bertz CT molecular complexity index is 1460. The van der Waals surface area contributed by atoms with Gasteiger partial charge >= 0.3 is 0 Å². The summed E-state index contributed by atoms with van der Waals surface area (Å²) in [5.41, 5.74) is 4.52. The Hall–Kier alpha value is -3.10. The van der Waals surface area contributed by atoms with E-state index in [0.29, 0.717) is 22.8 Å². The molecule has 0 aliphatic carbocycles. The minimum atomic E-state index is -0.145. The fraction of sp³-hybridized carbons (Fsp3) is 0.321. The summed E-state index contributed by atoms with van der Waals surface area (Å²) in [6, 6.07) is 13.3. The average molecular weight is 522 g/mol. The first kappa shape index (κ1) is 26.0. The van der Waals surface area contributed by atoms with Crippen molar-refractivity contribution in [3.8, 4) is 11.4 Å². The maximum atomic E-state index is 13.8. The van der Waals surface area contributed by atoms with E-state index in [9.17, 15) is 9.59 Å². The second kappa shape index (κ2) is 11.3. The zero-order valence-electron chi connectivity index (χ0n) is 21.3. The van der Waals surface area contributed by atoms with Crippen LogP contribution in [0.4, 0.5) is 5.69 Å². The van der Waals surface area contributed by atoms with Crippen LogP contribution in [0.15, 0.2) is 52.4 Å². The van der Waals surface area contributed by atoms with Crippen molar-refractivity contribution < 1.29 is 9.53 Å². The van der Waals surface area contributed by atoms with E-state index in [1.54, 1.807) is 15.9 Å². The maximum absolute atomic E-state index is 13.8. The van der Waals surface area contributed by atoms with Gasteiger partial charge in [0.05, 0.1) is 23.4 Å². The third-order valence-corrected chi connectivity index (χ3v) is 8.09. The van der Waals surface area contributed by atoms with Gasteiger partial charge in [-0.25, -0.2) is 4.98 Å². The number of benzene rings is 2. The number of ether oxygens (including phenoxy) is 1. The number of nitrogens with one attached hydrogen (secondary N) is 1. The standard InChI is InChI=1S/C28H31N3O3S2/c1-6-8-23-19(5)25-26(36-23)30-28(31(27(25)33)20-10-12-21(13-11-20)34-7-2)35-16-24(32)29-22-14-9-17(3)15-18(22)4/h9-15H,6-8,16H2,1-5H3,(H,29,32). The van der Waals surface area contributed by atoms with E-state index < -0.39 is 0 Å². The van der Waals surface area contributed by atoms with Gasteiger partial charge in [0, 0.05) is 10.6 Å². The Morgan fingerprint density at radius 2 is 1.86 bits per heavy atom. The molecule has 0 bridgehead atoms. The highest BCUT2D eigenvalue weighted by molar-refractivity contribution is 7.99. The lowest BCUT2D eigenvalue weighted by atomic mass is 10.1. The highest BCUT2D eigenvalue weighted by atomic mass is 32.2. The van der Waals surface area contributed by atoms with E-state index in [1.807, 2.05) is 70.2 Å². The Balaban J connectivity index is 1.71. The van der Waals surface area contributed by atoms with Crippen molar-refractivity contribution >= 4 is 44.9 Å². The summed E-state index contributed by atoms with van der Waals surface area (Å²) in [5.74, 6) is 0.727. The number of thiophene rings is 1. The van der Waals surface area contributed by atoms with Crippen LogP contribution in [-0.4, -0.2) is 27.8 Å². The van der Waals surface area contributed by atoms with Crippen LogP contribution in [0.1, 0.15) is 41.8 Å². The molecule has 2 heterocycles. The smallest absolute Gasteiger partial charge is 0.267 e. The zero-order valence-corrected chi connectivity index (χ0v) is 22.9. The Morgan fingerprint density at radius 3 is 2.53 bits per heavy atom. The van der Waals surface area contributed by atoms with Gasteiger partial charge in [-0.05, 0) is 75.6 Å². The Morgan fingerprint density at radius 1 is 1.11 bits per heavy atom. The quantitative estimate of drug-likeness (QED) is 0.202. The molecule has 6 nitrogen and oxygen atoms in total. The van der Waals surface area contributed by atoms with Gasteiger partial charge in [0.2, 0.25) is 5.91 Å². The van der Waals surface area contributed by atoms with Crippen molar-refractivity contribution in [2.24, 2.45) is 0 Å². The number of rotatable bonds is 9. The number of aryl methyl sites for hydroxylation is 4. The first-order valence-corrected chi connectivity index (χ1v) is 13.9. The lowest BCUT2D eigenvalue weighted by Gasteiger charge is -2.13. The molecule has 4 aromatic rings. The number of carbonyl (C=O) groups excluding carboxylic acids is 1.